The molecule has 1 N–H and O–H groups in total. The molecule has 4 nitrogen and oxygen atoms in total. The number of nitrogens with zero attached hydrogens (tertiary/aromatic N) is 1. The van der Waals surface area contributed by atoms with E-state index in [1.165, 1.54) is 4.90 Å². The molecule has 25 heavy (non-hydrogen) atoms. The number of hydrogen-bond acceptors (Lipinski definition) is 3. The van der Waals surface area contributed by atoms with Crippen LogP contribution < -0.4 is 5.32 Å². The van der Waals surface area contributed by atoms with Crippen molar-refractivity contribution in [2.24, 2.45) is 0 Å². The van der Waals surface area contributed by atoms with Gasteiger partial charge in [-0.15, -0.1) is 11.8 Å². The highest BCUT2D eigenvalue weighted by molar-refractivity contribution is 7.99. The quantitative estimate of drug-likeness (QED) is 0.597. The first kappa shape index (κ1) is 18.1. The second-order valence-electron chi connectivity index (χ2n) is 5.79. The molecule has 7 heteroatoms. The van der Waals surface area contributed by atoms with Gasteiger partial charge >= 0.3 is 6.03 Å². The summed E-state index contributed by atoms with van der Waals surface area (Å²) in [5.41, 5.74) is -0.539. The van der Waals surface area contributed by atoms with E-state index in [1.807, 2.05) is 24.3 Å². The lowest BCUT2D eigenvalue weighted by atomic mass is 9.92. The van der Waals surface area contributed by atoms with E-state index >= 15 is 0 Å². The Morgan fingerprint density at radius 2 is 1.76 bits per heavy atom. The summed E-state index contributed by atoms with van der Waals surface area (Å²) < 4.78 is 0. The lowest BCUT2D eigenvalue weighted by Gasteiger charge is -2.23. The number of halogens is 2. The predicted molar refractivity (Wildman–Crippen MR) is 101 cm³/mol. The van der Waals surface area contributed by atoms with Crippen LogP contribution in [0.15, 0.2) is 53.4 Å². The van der Waals surface area contributed by atoms with E-state index in [9.17, 15) is 9.59 Å². The molecule has 0 spiro atoms. The molecular formula is C18H16Cl2N2O2S. The second-order valence-corrected chi connectivity index (χ2v) is 7.81. The number of amides is 3. The molecule has 1 heterocycles. The largest absolute Gasteiger partial charge is 0.325 e. The van der Waals surface area contributed by atoms with Gasteiger partial charge in [0.1, 0.15) is 5.54 Å². The fraction of sp³-hybridized carbons (Fsp3) is 0.222. The van der Waals surface area contributed by atoms with Gasteiger partial charge in [0.15, 0.2) is 0 Å². The zero-order valence-corrected chi connectivity index (χ0v) is 15.8. The molecule has 0 bridgehead atoms. The normalized spacial score (nSPS) is 20.0. The Kier molecular flexibility index (Phi) is 5.27. The van der Waals surface area contributed by atoms with Crippen molar-refractivity contribution in [2.75, 3.05) is 12.3 Å². The van der Waals surface area contributed by atoms with E-state index in [0.717, 1.165) is 4.90 Å². The van der Waals surface area contributed by atoms with Gasteiger partial charge in [-0.25, -0.2) is 4.79 Å². The van der Waals surface area contributed by atoms with E-state index in [0.29, 0.717) is 27.9 Å². The summed E-state index contributed by atoms with van der Waals surface area (Å²) in [7, 11) is 0. The van der Waals surface area contributed by atoms with Gasteiger partial charge in [0.2, 0.25) is 0 Å². The minimum atomic E-state index is -1.14. The zero-order chi connectivity index (χ0) is 18.0. The molecule has 3 rings (SSSR count). The number of rotatable bonds is 5. The van der Waals surface area contributed by atoms with Gasteiger partial charge in [-0.3, -0.25) is 9.69 Å². The Hall–Kier alpha value is -1.69. The number of thioether (sulfide) groups is 1. The summed E-state index contributed by atoms with van der Waals surface area (Å²) in [6.07, 6.45) is 0. The number of imide groups is 1. The van der Waals surface area contributed by atoms with Crippen LogP contribution in [0.1, 0.15) is 12.5 Å². The van der Waals surface area contributed by atoms with Gasteiger partial charge in [-0.2, -0.15) is 0 Å². The topological polar surface area (TPSA) is 49.4 Å². The number of carbonyl (C=O) groups excluding carboxylic acids is 2. The maximum atomic E-state index is 12.8. The molecule has 1 aliphatic rings. The number of carbonyl (C=O) groups is 2. The minimum Gasteiger partial charge on any atom is -0.319 e. The average Bonchev–Trinajstić information content (AvgIpc) is 2.81. The molecule has 0 radical (unpaired) electrons. The molecule has 2 aromatic carbocycles. The molecule has 130 valence electrons. The molecule has 0 aliphatic carbocycles. The van der Waals surface area contributed by atoms with Crippen LogP contribution >= 0.6 is 35.0 Å². The smallest absolute Gasteiger partial charge is 0.319 e. The SMILES string of the molecule is C[C@@]1(c2ccccc2Cl)NC(=O)N(CCSc2ccc(Cl)cc2)C1=O. The van der Waals surface area contributed by atoms with Gasteiger partial charge in [0.25, 0.3) is 5.91 Å². The molecule has 0 unspecified atom stereocenters. The third kappa shape index (κ3) is 3.64. The van der Waals surface area contributed by atoms with E-state index in [1.54, 1.807) is 43.0 Å². The highest BCUT2D eigenvalue weighted by Crippen LogP contribution is 2.33. The molecule has 0 saturated carbocycles. The van der Waals surface area contributed by atoms with Crippen molar-refractivity contribution in [3.63, 3.8) is 0 Å². The first-order valence-corrected chi connectivity index (χ1v) is 9.43. The van der Waals surface area contributed by atoms with Crippen LogP contribution in [-0.4, -0.2) is 29.1 Å². The van der Waals surface area contributed by atoms with Crippen LogP contribution in [0.5, 0.6) is 0 Å². The van der Waals surface area contributed by atoms with E-state index in [4.69, 9.17) is 23.2 Å². The van der Waals surface area contributed by atoms with Crippen LogP contribution in [0.2, 0.25) is 10.0 Å². The third-order valence-corrected chi connectivity index (χ3v) is 5.66. The summed E-state index contributed by atoms with van der Waals surface area (Å²) in [6.45, 7) is 2.00. The Morgan fingerprint density at radius 1 is 1.08 bits per heavy atom. The summed E-state index contributed by atoms with van der Waals surface area (Å²) in [5.74, 6) is 0.307. The Labute approximate surface area is 160 Å². The van der Waals surface area contributed by atoms with Gasteiger partial charge in [-0.05, 0) is 37.3 Å². The molecule has 1 atom stereocenters. The predicted octanol–water partition coefficient (Wildman–Crippen LogP) is 4.55. The fourth-order valence-corrected chi connectivity index (χ4v) is 4.02. The van der Waals surface area contributed by atoms with Crippen molar-refractivity contribution in [2.45, 2.75) is 17.4 Å². The lowest BCUT2D eigenvalue weighted by molar-refractivity contribution is -0.130. The van der Waals surface area contributed by atoms with Gasteiger partial charge < -0.3 is 5.32 Å². The van der Waals surface area contributed by atoms with Crippen LogP contribution in [0.3, 0.4) is 0 Å². The Morgan fingerprint density at radius 3 is 2.44 bits per heavy atom. The molecule has 1 saturated heterocycles. The molecule has 1 aliphatic heterocycles. The maximum absolute atomic E-state index is 12.8. The van der Waals surface area contributed by atoms with Crippen molar-refractivity contribution in [3.8, 4) is 0 Å². The van der Waals surface area contributed by atoms with Crippen LogP contribution in [0.4, 0.5) is 4.79 Å². The first-order chi connectivity index (χ1) is 11.9. The highest BCUT2D eigenvalue weighted by atomic mass is 35.5. The van der Waals surface area contributed by atoms with Crippen molar-refractivity contribution >= 4 is 46.9 Å². The van der Waals surface area contributed by atoms with Crippen molar-refractivity contribution in [1.29, 1.82) is 0 Å². The van der Waals surface area contributed by atoms with Gasteiger partial charge in [0.05, 0.1) is 0 Å². The van der Waals surface area contributed by atoms with Crippen molar-refractivity contribution < 1.29 is 9.59 Å². The third-order valence-electron chi connectivity index (χ3n) is 4.08. The van der Waals surface area contributed by atoms with E-state index in [2.05, 4.69) is 5.32 Å². The summed E-state index contributed by atoms with van der Waals surface area (Å²) in [4.78, 5) is 27.4. The maximum Gasteiger partial charge on any atom is 0.325 e. The molecule has 2 aromatic rings. The Bertz CT molecular complexity index is 813. The first-order valence-electron chi connectivity index (χ1n) is 7.69. The number of urea groups is 1. The molecule has 1 fully saturated rings. The average molecular weight is 395 g/mol. The Balaban J connectivity index is 1.69. The monoisotopic (exact) mass is 394 g/mol. The second kappa shape index (κ2) is 7.28. The summed E-state index contributed by atoms with van der Waals surface area (Å²) in [5, 5.41) is 3.90. The zero-order valence-electron chi connectivity index (χ0n) is 13.5. The highest BCUT2D eigenvalue weighted by Gasteiger charge is 2.49. The number of benzene rings is 2. The van der Waals surface area contributed by atoms with Gasteiger partial charge in [-0.1, -0.05) is 41.4 Å². The minimum absolute atomic E-state index is 0.290. The standard InChI is InChI=1S/C18H16Cl2N2O2S/c1-18(14-4-2-3-5-15(14)20)16(23)22(17(24)21-18)10-11-25-13-8-6-12(19)7-9-13/h2-9H,10-11H2,1H3,(H,21,24)/t18-/m0/s1. The van der Waals surface area contributed by atoms with E-state index in [-0.39, 0.29) is 5.91 Å². The van der Waals surface area contributed by atoms with Crippen LogP contribution in [0, 0.1) is 0 Å². The van der Waals surface area contributed by atoms with Crippen LogP contribution in [-0.2, 0) is 10.3 Å². The van der Waals surface area contributed by atoms with Crippen molar-refractivity contribution in [3.05, 3.63) is 64.1 Å². The van der Waals surface area contributed by atoms with Crippen molar-refractivity contribution in [1.82, 2.24) is 10.2 Å². The lowest BCUT2D eigenvalue weighted by Crippen LogP contribution is -2.41. The van der Waals surface area contributed by atoms with E-state index < -0.39 is 11.6 Å². The summed E-state index contributed by atoms with van der Waals surface area (Å²) >= 11 is 13.6. The molecule has 0 aromatic heterocycles. The fourth-order valence-electron chi connectivity index (χ4n) is 2.73. The summed E-state index contributed by atoms with van der Waals surface area (Å²) in [6, 6.07) is 14.1. The van der Waals surface area contributed by atoms with Gasteiger partial charge in [0, 0.05) is 32.8 Å². The molecule has 3 amide bonds. The number of hydrogen-bond donors (Lipinski definition) is 1. The molecular weight excluding hydrogens is 379 g/mol. The number of nitrogens with one attached hydrogen (secondary N) is 1. The van der Waals surface area contributed by atoms with Crippen LogP contribution in [0.25, 0.3) is 0 Å².